The Morgan fingerprint density at radius 2 is 1.70 bits per heavy atom. The molecule has 0 saturated carbocycles. The quantitative estimate of drug-likeness (QED) is 0.438. The minimum Gasteiger partial charge on any atom is -0.370 e. The number of benzene rings is 2. The molecule has 0 radical (unpaired) electrons. The number of likely N-dealkylation sites (N-methyl/N-ethyl adjacent to an activating group) is 1. The summed E-state index contributed by atoms with van der Waals surface area (Å²) in [5.74, 6) is 0.435. The van der Waals surface area contributed by atoms with Crippen LogP contribution in [0, 0.1) is 6.92 Å². The van der Waals surface area contributed by atoms with Crippen molar-refractivity contribution >= 4 is 35.6 Å². The molecule has 5 heteroatoms. The first-order valence-electron chi connectivity index (χ1n) is 7.41. The molecule has 0 amide bonds. The summed E-state index contributed by atoms with van der Waals surface area (Å²) >= 11 is 0. The number of aryl methyl sites for hydroxylation is 1. The minimum atomic E-state index is 0. The van der Waals surface area contributed by atoms with E-state index >= 15 is 0 Å². The molecule has 0 aliphatic rings. The lowest BCUT2D eigenvalue weighted by Gasteiger charge is -2.23. The zero-order valence-corrected chi connectivity index (χ0v) is 16.2. The third-order valence-corrected chi connectivity index (χ3v) is 3.57. The fraction of sp³-hybridized carbons (Fsp3) is 0.278. The maximum atomic E-state index is 5.98. The van der Waals surface area contributed by atoms with Crippen LogP contribution in [0.25, 0.3) is 0 Å². The van der Waals surface area contributed by atoms with Gasteiger partial charge in [-0.2, -0.15) is 0 Å². The second kappa shape index (κ2) is 9.52. The molecule has 2 rings (SSSR count). The summed E-state index contributed by atoms with van der Waals surface area (Å²) in [7, 11) is 4.11. The lowest BCUT2D eigenvalue weighted by Crippen LogP contribution is -2.27. The van der Waals surface area contributed by atoms with E-state index < -0.39 is 0 Å². The van der Waals surface area contributed by atoms with Gasteiger partial charge in [-0.3, -0.25) is 4.99 Å². The Morgan fingerprint density at radius 1 is 1.09 bits per heavy atom. The van der Waals surface area contributed by atoms with Crippen LogP contribution < -0.4 is 11.1 Å². The van der Waals surface area contributed by atoms with E-state index in [2.05, 4.69) is 60.5 Å². The smallest absolute Gasteiger partial charge is 0.193 e. The molecule has 0 spiro atoms. The monoisotopic (exact) mass is 424 g/mol. The van der Waals surface area contributed by atoms with Gasteiger partial charge in [0.15, 0.2) is 5.96 Å². The predicted molar refractivity (Wildman–Crippen MR) is 110 cm³/mol. The summed E-state index contributed by atoms with van der Waals surface area (Å²) in [6, 6.07) is 18.6. The number of guanidine groups is 1. The third kappa shape index (κ3) is 6.19. The standard InChI is InChI=1S/C18H24N4.HI/c1-14-9-11-15(12-10-14)17(22(2)3)13-20-18(19)21-16-7-5-4-6-8-16;/h4-12,17H,13H2,1-3H3,(H3,19,20,21);1H. The molecule has 23 heavy (non-hydrogen) atoms. The number of para-hydroxylation sites is 1. The molecule has 0 aliphatic heterocycles. The molecule has 0 bridgehead atoms. The van der Waals surface area contributed by atoms with E-state index in [1.165, 1.54) is 11.1 Å². The zero-order chi connectivity index (χ0) is 15.9. The second-order valence-electron chi connectivity index (χ2n) is 5.61. The van der Waals surface area contributed by atoms with Gasteiger partial charge < -0.3 is 16.0 Å². The lowest BCUT2D eigenvalue weighted by atomic mass is 10.0. The highest BCUT2D eigenvalue weighted by Gasteiger charge is 2.13. The number of halogens is 1. The Hall–Kier alpha value is -1.60. The van der Waals surface area contributed by atoms with Crippen LogP contribution in [0.5, 0.6) is 0 Å². The molecule has 2 aromatic rings. The fourth-order valence-corrected chi connectivity index (χ4v) is 2.25. The minimum absolute atomic E-state index is 0. The van der Waals surface area contributed by atoms with Gasteiger partial charge >= 0.3 is 0 Å². The van der Waals surface area contributed by atoms with Crippen LogP contribution in [0.3, 0.4) is 0 Å². The zero-order valence-electron chi connectivity index (χ0n) is 13.9. The fourth-order valence-electron chi connectivity index (χ4n) is 2.25. The Kier molecular flexibility index (Phi) is 8.05. The van der Waals surface area contributed by atoms with Gasteiger partial charge in [0.2, 0.25) is 0 Å². The van der Waals surface area contributed by atoms with Crippen molar-refractivity contribution in [1.82, 2.24) is 4.90 Å². The summed E-state index contributed by atoms with van der Waals surface area (Å²) in [5.41, 5.74) is 9.42. The van der Waals surface area contributed by atoms with Crippen LogP contribution in [-0.2, 0) is 0 Å². The summed E-state index contributed by atoms with van der Waals surface area (Å²) in [6.07, 6.45) is 0. The molecule has 124 valence electrons. The van der Waals surface area contributed by atoms with E-state index in [1.54, 1.807) is 0 Å². The van der Waals surface area contributed by atoms with Gasteiger partial charge in [0.05, 0.1) is 12.6 Å². The first-order chi connectivity index (χ1) is 10.6. The van der Waals surface area contributed by atoms with Crippen molar-refractivity contribution in [1.29, 1.82) is 0 Å². The van der Waals surface area contributed by atoms with Crippen molar-refractivity contribution in [2.45, 2.75) is 13.0 Å². The molecular weight excluding hydrogens is 399 g/mol. The van der Waals surface area contributed by atoms with Gasteiger partial charge in [-0.1, -0.05) is 48.0 Å². The first kappa shape index (κ1) is 19.4. The number of aliphatic imine (C=N–C) groups is 1. The maximum absolute atomic E-state index is 5.98. The molecule has 0 heterocycles. The van der Waals surface area contributed by atoms with Crippen LogP contribution in [0.15, 0.2) is 59.6 Å². The lowest BCUT2D eigenvalue weighted by molar-refractivity contribution is 0.306. The van der Waals surface area contributed by atoms with Crippen molar-refractivity contribution in [3.05, 3.63) is 65.7 Å². The number of rotatable bonds is 5. The first-order valence-corrected chi connectivity index (χ1v) is 7.41. The third-order valence-electron chi connectivity index (χ3n) is 3.57. The molecule has 0 aliphatic carbocycles. The van der Waals surface area contributed by atoms with Crippen LogP contribution in [0.4, 0.5) is 5.69 Å². The molecule has 0 aromatic heterocycles. The molecule has 2 aromatic carbocycles. The normalized spacial score (nSPS) is 12.6. The molecule has 4 nitrogen and oxygen atoms in total. The average Bonchev–Trinajstić information content (AvgIpc) is 2.50. The van der Waals surface area contributed by atoms with E-state index in [1.807, 2.05) is 30.3 Å². The number of nitrogens with zero attached hydrogens (tertiary/aromatic N) is 2. The predicted octanol–water partition coefficient (Wildman–Crippen LogP) is 3.64. The Balaban J connectivity index is 0.00000264. The van der Waals surface area contributed by atoms with Crippen molar-refractivity contribution < 1.29 is 0 Å². The van der Waals surface area contributed by atoms with Crippen molar-refractivity contribution in [3.8, 4) is 0 Å². The van der Waals surface area contributed by atoms with Gasteiger partial charge in [-0.25, -0.2) is 0 Å². The largest absolute Gasteiger partial charge is 0.370 e. The highest BCUT2D eigenvalue weighted by atomic mass is 127. The number of nitrogens with one attached hydrogen (secondary N) is 1. The van der Waals surface area contributed by atoms with Crippen LogP contribution in [-0.4, -0.2) is 31.5 Å². The van der Waals surface area contributed by atoms with E-state index in [0.29, 0.717) is 12.5 Å². The van der Waals surface area contributed by atoms with Crippen molar-refractivity contribution in [2.75, 3.05) is 26.0 Å². The van der Waals surface area contributed by atoms with Crippen LogP contribution in [0.1, 0.15) is 17.2 Å². The molecule has 1 unspecified atom stereocenters. The van der Waals surface area contributed by atoms with Crippen molar-refractivity contribution in [3.63, 3.8) is 0 Å². The van der Waals surface area contributed by atoms with Gasteiger partial charge in [-0.15, -0.1) is 24.0 Å². The van der Waals surface area contributed by atoms with E-state index in [-0.39, 0.29) is 30.0 Å². The Morgan fingerprint density at radius 3 is 2.26 bits per heavy atom. The van der Waals surface area contributed by atoms with Gasteiger partial charge in [0.1, 0.15) is 0 Å². The highest BCUT2D eigenvalue weighted by Crippen LogP contribution is 2.19. The SMILES string of the molecule is Cc1ccc(C(CN=C(N)Nc2ccccc2)N(C)C)cc1.I. The molecule has 1 atom stereocenters. The summed E-state index contributed by atoms with van der Waals surface area (Å²) < 4.78 is 0. The van der Waals surface area contributed by atoms with Gasteiger partial charge in [0.25, 0.3) is 0 Å². The van der Waals surface area contributed by atoms with Crippen molar-refractivity contribution in [2.24, 2.45) is 10.7 Å². The van der Waals surface area contributed by atoms with Crippen LogP contribution in [0.2, 0.25) is 0 Å². The summed E-state index contributed by atoms with van der Waals surface area (Å²) in [4.78, 5) is 6.64. The average molecular weight is 424 g/mol. The molecule has 0 saturated heterocycles. The maximum Gasteiger partial charge on any atom is 0.193 e. The molecule has 0 fully saturated rings. The molecular formula is C18H25IN4. The van der Waals surface area contributed by atoms with E-state index in [9.17, 15) is 0 Å². The Bertz CT molecular complexity index is 609. The number of nitrogens with two attached hydrogens (primary N) is 1. The number of anilines is 1. The second-order valence-corrected chi connectivity index (χ2v) is 5.61. The van der Waals surface area contributed by atoms with Crippen LogP contribution >= 0.6 is 24.0 Å². The van der Waals surface area contributed by atoms with Gasteiger partial charge in [0, 0.05) is 5.69 Å². The summed E-state index contributed by atoms with van der Waals surface area (Å²) in [5, 5.41) is 3.11. The topological polar surface area (TPSA) is 53.6 Å². The number of hydrogen-bond donors (Lipinski definition) is 2. The molecule has 3 N–H and O–H groups in total. The van der Waals surface area contributed by atoms with E-state index in [4.69, 9.17) is 5.73 Å². The Labute approximate surface area is 155 Å². The van der Waals surface area contributed by atoms with E-state index in [0.717, 1.165) is 5.69 Å². The highest BCUT2D eigenvalue weighted by molar-refractivity contribution is 14.0. The van der Waals surface area contributed by atoms with Gasteiger partial charge in [-0.05, 0) is 38.7 Å². The number of hydrogen-bond acceptors (Lipinski definition) is 2. The summed E-state index contributed by atoms with van der Waals surface area (Å²) in [6.45, 7) is 2.70.